The minimum Gasteiger partial charge on any atom is -0.467 e. The number of nitrogens with zero attached hydrogens (tertiary/aromatic N) is 5. The Balaban J connectivity index is 0.000000866. The molecule has 2 fully saturated rings. The summed E-state index contributed by atoms with van der Waals surface area (Å²) < 4.78 is 13.7. The molecule has 3 atom stereocenters. The lowest BCUT2D eigenvalue weighted by Gasteiger charge is -2.33. The second-order valence-electron chi connectivity index (χ2n) is 20.2. The van der Waals surface area contributed by atoms with Gasteiger partial charge in [0.05, 0.1) is 24.1 Å². The lowest BCUT2D eigenvalue weighted by Crippen LogP contribution is -2.58. The molecule has 0 saturated carbocycles. The van der Waals surface area contributed by atoms with E-state index in [1.807, 2.05) is 39.1 Å². The summed E-state index contributed by atoms with van der Waals surface area (Å²) >= 11 is 0. The monoisotopic (exact) mass is 989 g/mol. The van der Waals surface area contributed by atoms with E-state index in [9.17, 15) is 19.2 Å². The Labute approximate surface area is 427 Å². The van der Waals surface area contributed by atoms with Crippen molar-refractivity contribution < 1.29 is 33.4 Å². The number of hydrogen-bond acceptors (Lipinski definition) is 11. The van der Waals surface area contributed by atoms with Crippen LogP contribution in [0.2, 0.25) is 0 Å². The van der Waals surface area contributed by atoms with Gasteiger partial charge in [-0.3, -0.25) is 34.0 Å². The highest BCUT2D eigenvalue weighted by Crippen LogP contribution is 2.43. The molecule has 2 aromatic heterocycles. The van der Waals surface area contributed by atoms with Gasteiger partial charge in [-0.15, -0.1) is 0 Å². The highest BCUT2D eigenvalue weighted by Gasteiger charge is 2.33. The molecule has 72 heavy (non-hydrogen) atoms. The molecule has 2 aromatic carbocycles. The number of aromatic nitrogens is 2. The van der Waals surface area contributed by atoms with Gasteiger partial charge in [0.25, 0.3) is 12.4 Å². The zero-order chi connectivity index (χ0) is 52.4. The first kappa shape index (κ1) is 56.9. The molecule has 7 rings (SSSR count). The lowest BCUT2D eigenvalue weighted by molar-refractivity contribution is -0.142. The maximum Gasteiger partial charge on any atom is 0.293 e. The normalized spacial score (nSPS) is 16.2. The number of carbonyl (C=O) groups is 5. The molecule has 3 aliphatic heterocycles. The number of hydrazine groups is 1. The first-order valence-corrected chi connectivity index (χ1v) is 25.6. The van der Waals surface area contributed by atoms with Crippen LogP contribution in [-0.2, 0) is 52.8 Å². The van der Waals surface area contributed by atoms with Crippen LogP contribution < -0.4 is 16.1 Å². The van der Waals surface area contributed by atoms with Gasteiger partial charge in [-0.05, 0) is 143 Å². The van der Waals surface area contributed by atoms with Gasteiger partial charge in [0, 0.05) is 74.8 Å². The van der Waals surface area contributed by atoms with E-state index in [2.05, 4.69) is 102 Å². The van der Waals surface area contributed by atoms with Gasteiger partial charge >= 0.3 is 0 Å². The third kappa shape index (κ3) is 15.0. The molecule has 2 saturated heterocycles. The Hall–Kier alpha value is -6.00. The molecule has 5 heterocycles. The maximum atomic E-state index is 14.1. The minimum atomic E-state index is -0.857. The quantitative estimate of drug-likeness (QED) is 0.0591. The number of amides is 3. The number of ether oxygens (including phenoxy) is 2. The number of benzene rings is 2. The van der Waals surface area contributed by atoms with Crippen LogP contribution in [0, 0.1) is 11.3 Å². The Morgan fingerprint density at radius 2 is 1.69 bits per heavy atom. The molecule has 0 radical (unpaired) electrons. The number of fused-ring (bicyclic) bond motifs is 1. The molecule has 390 valence electrons. The summed E-state index contributed by atoms with van der Waals surface area (Å²) in [5, 5.41) is 9.16. The third-order valence-corrected chi connectivity index (χ3v) is 13.7. The van der Waals surface area contributed by atoms with Crippen molar-refractivity contribution in [1.82, 2.24) is 40.4 Å². The number of rotatable bonds is 20. The van der Waals surface area contributed by atoms with E-state index in [1.54, 1.807) is 19.2 Å². The van der Waals surface area contributed by atoms with E-state index in [0.717, 1.165) is 88.0 Å². The van der Waals surface area contributed by atoms with E-state index < -0.39 is 17.5 Å². The molecule has 0 spiro atoms. The topological polar surface area (TPSA) is 167 Å². The van der Waals surface area contributed by atoms with Crippen LogP contribution >= 0.6 is 0 Å². The van der Waals surface area contributed by atoms with Crippen LogP contribution in [-0.4, -0.2) is 135 Å². The summed E-state index contributed by atoms with van der Waals surface area (Å²) in [7, 11) is 5.47. The number of pyridine rings is 1. The van der Waals surface area contributed by atoms with Gasteiger partial charge in [-0.25, -0.2) is 5.43 Å². The molecule has 15 heteroatoms. The Morgan fingerprint density at radius 3 is 2.28 bits per heavy atom. The highest BCUT2D eigenvalue weighted by molar-refractivity contribution is 5.96. The van der Waals surface area contributed by atoms with Gasteiger partial charge in [0.1, 0.15) is 18.4 Å². The molecule has 0 aliphatic carbocycles. The number of aryl methyl sites for hydroxylation is 1. The summed E-state index contributed by atoms with van der Waals surface area (Å²) in [5.41, 5.74) is 13.2. The molecule has 0 bridgehead atoms. The van der Waals surface area contributed by atoms with Crippen molar-refractivity contribution in [3.8, 4) is 22.4 Å². The average Bonchev–Trinajstić information content (AvgIpc) is 4.01. The molecule has 3 aliphatic rings. The molecular formula is C57H80N8O7. The standard InChI is InChI=1S/C49H65N7O6.C5H11N.C3H4O/c1-9-55-43-16-15-37(36-14-12-13-34(23-36)24-42(48(60)56-22-11-10-19-52-56)53-47(59)45(32(2)3)54(7)30-57)25-39(43)41(27-49(5,6)29-62-31-58)46(55)40-26-38(35-17-20-50-21-18-35)28-51-44(40)33(4)61-8;1-6-4-2-3-5-6;1-2-3-4/h12-17,23,25-26,28,30-33,42,45,50,52H,9-11,18-22,24,27,29H2,1-8H3,(H,53,59);2-5H2,1H3;2-3H,1H2. The zero-order valence-corrected chi connectivity index (χ0v) is 44.3. The average molecular weight is 989 g/mol. The Bertz CT molecular complexity index is 2480. The summed E-state index contributed by atoms with van der Waals surface area (Å²) in [6.45, 7) is 22.4. The van der Waals surface area contributed by atoms with Crippen molar-refractivity contribution in [3.05, 3.63) is 95.8 Å². The van der Waals surface area contributed by atoms with Crippen LogP contribution in [0.1, 0.15) is 102 Å². The van der Waals surface area contributed by atoms with Gasteiger partial charge in [-0.1, -0.05) is 70.7 Å². The second-order valence-corrected chi connectivity index (χ2v) is 20.2. The van der Waals surface area contributed by atoms with Crippen LogP contribution in [0.3, 0.4) is 0 Å². The minimum absolute atomic E-state index is 0.162. The van der Waals surface area contributed by atoms with Gasteiger partial charge in [-0.2, -0.15) is 0 Å². The fourth-order valence-corrected chi connectivity index (χ4v) is 9.90. The molecule has 3 N–H and O–H groups in total. The van der Waals surface area contributed by atoms with E-state index in [1.165, 1.54) is 42.5 Å². The summed E-state index contributed by atoms with van der Waals surface area (Å²) in [5.74, 6) is -0.740. The van der Waals surface area contributed by atoms with Crippen molar-refractivity contribution in [2.45, 2.75) is 111 Å². The lowest BCUT2D eigenvalue weighted by atomic mass is 9.83. The summed E-state index contributed by atoms with van der Waals surface area (Å²) in [6, 6.07) is 15.4. The summed E-state index contributed by atoms with van der Waals surface area (Å²) in [4.78, 5) is 68.9. The zero-order valence-electron chi connectivity index (χ0n) is 44.3. The number of methoxy groups -OCH3 is 1. The molecular weight excluding hydrogens is 909 g/mol. The smallest absolute Gasteiger partial charge is 0.293 e. The Kier molecular flexibility index (Phi) is 21.9. The number of carbonyl (C=O) groups excluding carboxylic acids is 5. The number of likely N-dealkylation sites (N-methyl/N-ethyl adjacent to an activating group) is 1. The van der Waals surface area contributed by atoms with E-state index >= 15 is 0 Å². The highest BCUT2D eigenvalue weighted by atomic mass is 16.5. The van der Waals surface area contributed by atoms with Crippen molar-refractivity contribution in [3.63, 3.8) is 0 Å². The van der Waals surface area contributed by atoms with Crippen molar-refractivity contribution in [2.75, 3.05) is 67.1 Å². The second kappa shape index (κ2) is 27.7. The van der Waals surface area contributed by atoms with Crippen molar-refractivity contribution in [1.29, 1.82) is 0 Å². The Morgan fingerprint density at radius 1 is 0.972 bits per heavy atom. The van der Waals surface area contributed by atoms with Crippen LogP contribution in [0.4, 0.5) is 0 Å². The number of allylic oxidation sites excluding steroid dienone is 1. The van der Waals surface area contributed by atoms with Crippen LogP contribution in [0.5, 0.6) is 0 Å². The van der Waals surface area contributed by atoms with E-state index in [0.29, 0.717) is 45.2 Å². The number of aldehydes is 1. The van der Waals surface area contributed by atoms with E-state index in [4.69, 9.17) is 19.3 Å². The fourth-order valence-electron chi connectivity index (χ4n) is 9.90. The predicted molar refractivity (Wildman–Crippen MR) is 287 cm³/mol. The maximum absolute atomic E-state index is 14.1. The third-order valence-electron chi connectivity index (χ3n) is 13.7. The molecule has 3 amide bonds. The largest absolute Gasteiger partial charge is 0.467 e. The van der Waals surface area contributed by atoms with Gasteiger partial charge < -0.3 is 34.5 Å². The van der Waals surface area contributed by atoms with Gasteiger partial charge in [0.2, 0.25) is 12.3 Å². The molecule has 15 nitrogen and oxygen atoms in total. The molecule has 3 unspecified atom stereocenters. The van der Waals surface area contributed by atoms with Gasteiger partial charge in [0.15, 0.2) is 0 Å². The number of nitrogens with one attached hydrogen (secondary N) is 3. The predicted octanol–water partition coefficient (Wildman–Crippen LogP) is 7.57. The van der Waals surface area contributed by atoms with Crippen molar-refractivity contribution in [2.24, 2.45) is 11.3 Å². The SMILES string of the molecule is C=CC=O.CCn1c(-c2cc(C3=CCNCC3)cnc2C(C)OC)c(CC(C)(C)COC=O)c2cc(-c3cccc(CC(NC(=O)C(C(C)C)N(C)C=O)C(=O)N4CCCCN4)c3)ccc21.CN1CCCC1. The van der Waals surface area contributed by atoms with Crippen LogP contribution in [0.15, 0.2) is 73.5 Å². The summed E-state index contributed by atoms with van der Waals surface area (Å²) in [6.07, 6.45) is 12.9. The fraction of sp³-hybridized carbons (Fsp3) is 0.509. The van der Waals surface area contributed by atoms with Crippen molar-refractivity contribution >= 4 is 47.5 Å². The first-order chi connectivity index (χ1) is 34.6. The first-order valence-electron chi connectivity index (χ1n) is 25.6. The number of hydrogen-bond donors (Lipinski definition) is 3. The van der Waals surface area contributed by atoms with E-state index in [-0.39, 0.29) is 36.9 Å². The molecule has 4 aromatic rings. The number of likely N-dealkylation sites (tertiary alicyclic amines) is 1. The van der Waals surface area contributed by atoms with Crippen LogP contribution in [0.25, 0.3) is 38.9 Å².